The lowest BCUT2D eigenvalue weighted by Gasteiger charge is -2.11. The first kappa shape index (κ1) is 14.8. The molecule has 1 N–H and O–H groups in total. The number of nitrogens with zero attached hydrogens (tertiary/aromatic N) is 1. The second-order valence-corrected chi connectivity index (χ2v) is 5.71. The smallest absolute Gasteiger partial charge is 0.271 e. The predicted molar refractivity (Wildman–Crippen MR) is 76.9 cm³/mol. The molecule has 2 aromatic rings. The number of benzene rings is 2. The lowest BCUT2D eigenvalue weighted by atomic mass is 10.3. The first-order valence-corrected chi connectivity index (χ1v) is 7.32. The maximum atomic E-state index is 12.3. The zero-order chi connectivity index (χ0) is 15.5. The van der Waals surface area contributed by atoms with Gasteiger partial charge in [-0.1, -0.05) is 18.2 Å². The zero-order valence-corrected chi connectivity index (χ0v) is 11.8. The van der Waals surface area contributed by atoms with E-state index in [0.717, 1.165) is 6.07 Å². The molecule has 0 aliphatic heterocycles. The second kappa shape index (κ2) is 5.80. The summed E-state index contributed by atoms with van der Waals surface area (Å²) in [7, 11) is -2.70. The molecule has 110 valence electrons. The summed E-state index contributed by atoms with van der Waals surface area (Å²) in [6.45, 7) is 0. The van der Waals surface area contributed by atoms with Crippen molar-refractivity contribution >= 4 is 21.4 Å². The van der Waals surface area contributed by atoms with Crippen LogP contribution in [0.3, 0.4) is 0 Å². The topological polar surface area (TPSA) is 98.5 Å². The highest BCUT2D eigenvalue weighted by atomic mass is 32.2. The van der Waals surface area contributed by atoms with Crippen molar-refractivity contribution in [2.45, 2.75) is 4.90 Å². The number of anilines is 1. The van der Waals surface area contributed by atoms with E-state index >= 15 is 0 Å². The molecule has 2 rings (SSSR count). The van der Waals surface area contributed by atoms with Gasteiger partial charge in [0.1, 0.15) is 10.6 Å². The highest BCUT2D eigenvalue weighted by molar-refractivity contribution is 7.92. The largest absolute Gasteiger partial charge is 0.495 e. The third-order valence-electron chi connectivity index (χ3n) is 2.67. The van der Waals surface area contributed by atoms with Crippen LogP contribution in [-0.2, 0) is 10.0 Å². The maximum absolute atomic E-state index is 12.3. The summed E-state index contributed by atoms with van der Waals surface area (Å²) in [6.07, 6.45) is 0. The van der Waals surface area contributed by atoms with Gasteiger partial charge in [-0.05, 0) is 18.2 Å². The summed E-state index contributed by atoms with van der Waals surface area (Å²) >= 11 is 0. The molecule has 0 fully saturated rings. The van der Waals surface area contributed by atoms with Crippen LogP contribution < -0.4 is 9.46 Å². The third kappa shape index (κ3) is 3.29. The molecule has 0 amide bonds. The number of rotatable bonds is 5. The summed E-state index contributed by atoms with van der Waals surface area (Å²) in [5.74, 6) is 0.0315. The van der Waals surface area contributed by atoms with Gasteiger partial charge in [-0.2, -0.15) is 0 Å². The molecule has 0 spiro atoms. The van der Waals surface area contributed by atoms with Crippen LogP contribution in [-0.4, -0.2) is 20.5 Å². The highest BCUT2D eigenvalue weighted by Gasteiger charge is 2.23. The van der Waals surface area contributed by atoms with Gasteiger partial charge >= 0.3 is 0 Å². The van der Waals surface area contributed by atoms with E-state index in [-0.39, 0.29) is 16.3 Å². The third-order valence-corrected chi connectivity index (χ3v) is 4.08. The second-order valence-electron chi connectivity index (χ2n) is 4.06. The van der Waals surface area contributed by atoms with Crippen molar-refractivity contribution < 1.29 is 18.1 Å². The zero-order valence-electron chi connectivity index (χ0n) is 11.0. The monoisotopic (exact) mass is 308 g/mol. The molecule has 7 nitrogen and oxygen atoms in total. The number of non-ortho nitro benzene ring substituents is 1. The molecule has 0 heterocycles. The fourth-order valence-corrected chi connectivity index (χ4v) is 2.95. The molecule has 0 atom stereocenters. The number of nitro benzene ring substituents is 1. The van der Waals surface area contributed by atoms with Gasteiger partial charge in [-0.15, -0.1) is 0 Å². The number of sulfonamides is 1. The molecule has 0 aromatic heterocycles. The average Bonchev–Trinajstić information content (AvgIpc) is 2.47. The van der Waals surface area contributed by atoms with Crippen LogP contribution in [0.2, 0.25) is 0 Å². The van der Waals surface area contributed by atoms with Crippen LogP contribution >= 0.6 is 0 Å². The minimum Gasteiger partial charge on any atom is -0.495 e. The SMILES string of the molecule is COc1ccc([N+](=O)[O-])cc1S(=O)(=O)Nc1ccccc1. The molecule has 8 heteroatoms. The minimum absolute atomic E-state index is 0.0315. The highest BCUT2D eigenvalue weighted by Crippen LogP contribution is 2.29. The van der Waals surface area contributed by atoms with Gasteiger partial charge in [-0.25, -0.2) is 8.42 Å². The van der Waals surface area contributed by atoms with Crippen LogP contribution in [0, 0.1) is 10.1 Å². The minimum atomic E-state index is -3.99. The summed E-state index contributed by atoms with van der Waals surface area (Å²) < 4.78 is 32.0. The van der Waals surface area contributed by atoms with E-state index in [1.807, 2.05) is 0 Å². The van der Waals surface area contributed by atoms with Crippen molar-refractivity contribution in [1.29, 1.82) is 0 Å². The molecule has 0 saturated carbocycles. The lowest BCUT2D eigenvalue weighted by molar-refractivity contribution is -0.385. The van der Waals surface area contributed by atoms with Crippen LogP contribution in [0.25, 0.3) is 0 Å². The quantitative estimate of drug-likeness (QED) is 0.675. The Kier molecular flexibility index (Phi) is 4.08. The number of hydrogen-bond donors (Lipinski definition) is 1. The number of methoxy groups -OCH3 is 1. The summed E-state index contributed by atoms with van der Waals surface area (Å²) in [5.41, 5.74) is 0.0234. The predicted octanol–water partition coefficient (Wildman–Crippen LogP) is 2.40. The molecule has 0 aliphatic rings. The van der Waals surface area contributed by atoms with Crippen LogP contribution in [0.5, 0.6) is 5.75 Å². The van der Waals surface area contributed by atoms with Gasteiger partial charge < -0.3 is 4.74 Å². The number of para-hydroxylation sites is 1. The van der Waals surface area contributed by atoms with Crippen molar-refractivity contribution in [2.24, 2.45) is 0 Å². The first-order chi connectivity index (χ1) is 9.94. The fraction of sp³-hybridized carbons (Fsp3) is 0.0769. The standard InChI is InChI=1S/C13H12N2O5S/c1-20-12-8-7-11(15(16)17)9-13(12)21(18,19)14-10-5-3-2-4-6-10/h2-9,14H,1H3. The van der Waals surface area contributed by atoms with Gasteiger partial charge in [0.05, 0.1) is 12.0 Å². The Morgan fingerprint density at radius 3 is 2.38 bits per heavy atom. The van der Waals surface area contributed by atoms with E-state index < -0.39 is 14.9 Å². The van der Waals surface area contributed by atoms with E-state index in [2.05, 4.69) is 4.72 Å². The molecule has 0 bridgehead atoms. The Morgan fingerprint density at radius 2 is 1.81 bits per heavy atom. The average molecular weight is 308 g/mol. The lowest BCUT2D eigenvalue weighted by Crippen LogP contribution is -2.14. The molecular weight excluding hydrogens is 296 g/mol. The Labute approximate surface area is 121 Å². The van der Waals surface area contributed by atoms with E-state index in [9.17, 15) is 18.5 Å². The van der Waals surface area contributed by atoms with Crippen LogP contribution in [0.1, 0.15) is 0 Å². The van der Waals surface area contributed by atoms with Crippen molar-refractivity contribution in [3.63, 3.8) is 0 Å². The van der Waals surface area contributed by atoms with E-state index in [4.69, 9.17) is 4.74 Å². The van der Waals surface area contributed by atoms with Crippen LogP contribution in [0.15, 0.2) is 53.4 Å². The Hall–Kier alpha value is -2.61. The molecule has 0 saturated heterocycles. The van der Waals surface area contributed by atoms with Gasteiger partial charge in [0.25, 0.3) is 15.7 Å². The van der Waals surface area contributed by atoms with Gasteiger partial charge in [-0.3, -0.25) is 14.8 Å². The van der Waals surface area contributed by atoms with Crippen molar-refractivity contribution in [2.75, 3.05) is 11.8 Å². The summed E-state index contributed by atoms with van der Waals surface area (Å²) in [4.78, 5) is 9.83. The maximum Gasteiger partial charge on any atom is 0.271 e. The fourth-order valence-electron chi connectivity index (χ4n) is 1.71. The van der Waals surface area contributed by atoms with Gasteiger partial charge in [0, 0.05) is 17.8 Å². The van der Waals surface area contributed by atoms with Gasteiger partial charge in [0.15, 0.2) is 0 Å². The first-order valence-electron chi connectivity index (χ1n) is 5.84. The van der Waals surface area contributed by atoms with Crippen LogP contribution in [0.4, 0.5) is 11.4 Å². The van der Waals surface area contributed by atoms with Crippen molar-refractivity contribution in [3.8, 4) is 5.75 Å². The number of hydrogen-bond acceptors (Lipinski definition) is 5. The number of ether oxygens (including phenoxy) is 1. The summed E-state index contributed by atoms with van der Waals surface area (Å²) in [6, 6.07) is 11.6. The molecule has 0 radical (unpaired) electrons. The molecule has 2 aromatic carbocycles. The van der Waals surface area contributed by atoms with E-state index in [0.29, 0.717) is 5.69 Å². The molecule has 0 unspecified atom stereocenters. The van der Waals surface area contributed by atoms with E-state index in [1.165, 1.54) is 19.2 Å². The van der Waals surface area contributed by atoms with Crippen molar-refractivity contribution in [3.05, 3.63) is 58.6 Å². The normalized spacial score (nSPS) is 10.9. The van der Waals surface area contributed by atoms with Gasteiger partial charge in [0.2, 0.25) is 0 Å². The Bertz CT molecular complexity index is 759. The summed E-state index contributed by atoms with van der Waals surface area (Å²) in [5, 5.41) is 10.8. The Morgan fingerprint density at radius 1 is 1.14 bits per heavy atom. The molecule has 21 heavy (non-hydrogen) atoms. The number of nitrogens with one attached hydrogen (secondary N) is 1. The number of nitro groups is 1. The molecular formula is C13H12N2O5S. The Balaban J connectivity index is 2.48. The van der Waals surface area contributed by atoms with Crippen molar-refractivity contribution in [1.82, 2.24) is 0 Å². The van der Waals surface area contributed by atoms with E-state index in [1.54, 1.807) is 30.3 Å². The molecule has 0 aliphatic carbocycles.